The van der Waals surface area contributed by atoms with Gasteiger partial charge in [0.25, 0.3) is 6.71 Å². The molecule has 4 nitrogen and oxygen atoms in total. The predicted octanol–water partition coefficient (Wildman–Crippen LogP) is 28.3. The zero-order valence-corrected chi connectivity index (χ0v) is 70.3. The van der Waals surface area contributed by atoms with Crippen molar-refractivity contribution in [1.82, 2.24) is 9.13 Å². The van der Waals surface area contributed by atoms with Gasteiger partial charge in [0.15, 0.2) is 0 Å². The van der Waals surface area contributed by atoms with Crippen LogP contribution in [-0.2, 0) is 39.8 Å². The van der Waals surface area contributed by atoms with E-state index in [4.69, 9.17) is 0 Å². The fourth-order valence-corrected chi connectivity index (χ4v) is 17.8. The number of benzene rings is 13. The molecule has 0 atom stereocenters. The Hall–Kier alpha value is -10.9. The van der Waals surface area contributed by atoms with E-state index in [-0.39, 0.29) is 21.7 Å². The van der Waals surface area contributed by atoms with E-state index in [2.05, 4.69) is 390 Å². The lowest BCUT2D eigenvalue weighted by atomic mass is 9.33. The summed E-state index contributed by atoms with van der Waals surface area (Å²) in [6, 6.07) is 100. The lowest BCUT2D eigenvalue weighted by Crippen LogP contribution is -2.61. The van der Waals surface area contributed by atoms with Crippen LogP contribution in [0, 0.1) is 10.8 Å². The third-order valence-corrected chi connectivity index (χ3v) is 23.4. The third-order valence-electron chi connectivity index (χ3n) is 23.4. The zero-order chi connectivity index (χ0) is 83.1. The number of fused-ring (bicyclic) bond motifs is 10. The van der Waals surface area contributed by atoms with Gasteiger partial charge in [-0.2, -0.15) is 0 Å². The van der Waals surface area contributed by atoms with Gasteiger partial charge in [-0.25, -0.2) is 0 Å². The minimum atomic E-state index is -1.82. The zero-order valence-electron chi connectivity index (χ0n) is 74.3. The van der Waals surface area contributed by atoms with Crippen molar-refractivity contribution in [3.05, 3.63) is 306 Å². The van der Waals surface area contributed by atoms with E-state index < -0.39 is 35.7 Å². The highest BCUT2D eigenvalue weighted by molar-refractivity contribution is 7.00. The van der Waals surface area contributed by atoms with Crippen LogP contribution in [-0.4, -0.2) is 15.8 Å². The molecule has 0 aliphatic carbocycles. The normalized spacial score (nSPS) is 14.3. The van der Waals surface area contributed by atoms with Gasteiger partial charge >= 0.3 is 0 Å². The van der Waals surface area contributed by atoms with Crippen molar-refractivity contribution in [2.75, 3.05) is 9.80 Å². The number of rotatable bonds is 10. The van der Waals surface area contributed by atoms with E-state index in [1.807, 2.05) is 41.5 Å². The molecule has 0 N–H and O–H groups in total. The van der Waals surface area contributed by atoms with Crippen LogP contribution in [0.15, 0.2) is 267 Å². The van der Waals surface area contributed by atoms with Crippen molar-refractivity contribution >= 4 is 101 Å². The summed E-state index contributed by atoms with van der Waals surface area (Å²) in [5.41, 5.74) is 27.3. The molecular formula is C108H111BN4. The maximum absolute atomic E-state index is 10.5. The maximum atomic E-state index is 10.5. The second-order valence-electron chi connectivity index (χ2n) is 39.4. The molecule has 5 heteroatoms. The largest absolute Gasteiger partial charge is 0.310 e. The predicted molar refractivity (Wildman–Crippen MR) is 491 cm³/mol. The molecule has 17 rings (SSSR count). The fraction of sp³-hybridized carbons (Fsp3) is 0.278. The van der Waals surface area contributed by atoms with Gasteiger partial charge in [-0.1, -0.05) is 327 Å². The first kappa shape index (κ1) is 70.0. The summed E-state index contributed by atoms with van der Waals surface area (Å²) in [4.78, 5) is 5.29. The van der Waals surface area contributed by atoms with Gasteiger partial charge in [0.1, 0.15) is 0 Å². The molecule has 566 valence electrons. The van der Waals surface area contributed by atoms with Crippen LogP contribution >= 0.6 is 0 Å². The first-order valence-electron chi connectivity index (χ1n) is 42.8. The first-order chi connectivity index (χ1) is 55.0. The van der Waals surface area contributed by atoms with E-state index in [0.29, 0.717) is 11.1 Å². The van der Waals surface area contributed by atoms with Gasteiger partial charge in [0.2, 0.25) is 0 Å². The summed E-state index contributed by atoms with van der Waals surface area (Å²) in [7, 11) is 0. The van der Waals surface area contributed by atoms with Gasteiger partial charge in [0, 0.05) is 83.4 Å². The molecule has 0 bridgehead atoms. The van der Waals surface area contributed by atoms with E-state index in [1.165, 1.54) is 43.8 Å². The van der Waals surface area contributed by atoms with Crippen LogP contribution in [0.4, 0.5) is 34.1 Å². The molecule has 15 aromatic rings. The van der Waals surface area contributed by atoms with Gasteiger partial charge in [0.05, 0.1) is 33.4 Å². The standard InChI is InChI=1S/C108H111BN4/c1-102(2,3)66-68-54-85(70-34-30-38-74(58-70)104(7,8)9)100(86(55-68)71-35-31-39-75(59-71)105(10,11)12)112-95-64-79(110-91-46-26-22-42-81(91)82-43-23-27-47-92(82)110)50-52-89(95)109-90-53-51-80(111-93-48-28-24-44-83(93)84-45-25-29-49-94(84)111)65-96(90)113(98-63-78(108(19,20)21)62-97(112)99(98)109)101-87(72-36-32-40-76(60-72)106(13,14)15)56-69(67-103(4,5)6)57-88(101)73-37-33-41-77(61-73)107(16,17)18/h22-65H,66-67H2,1-21H3/i66D2,67D2. The molecule has 113 heavy (non-hydrogen) atoms. The van der Waals surface area contributed by atoms with Crippen LogP contribution in [0.2, 0.25) is 0 Å². The molecule has 0 radical (unpaired) electrons. The van der Waals surface area contributed by atoms with Crippen molar-refractivity contribution in [1.29, 1.82) is 0 Å². The SMILES string of the molecule is [2H]C([2H])(c1cc(-c2cccc(C(C)(C)C)c2)c(N2c3cc(-n4c5ccccc5c5ccccc54)ccc3B3c4ccc(-n5c6ccccc6c6ccccc65)cc4N(c4c(-c5cccc(C(C)(C)C)c5)cc(C([2H])([2H])C(C)(C)C)cc4-c4cccc(C(C)(C)C)c4)c4cc(C(C)(C)C)cc2c43)c(-c2cccc(C(C)(C)C)c2)c1)C(C)(C)C. The molecule has 0 unspecified atom stereocenters. The average molecular weight is 1480 g/mol. The van der Waals surface area contributed by atoms with Crippen molar-refractivity contribution in [2.24, 2.45) is 10.8 Å². The minimum absolute atomic E-state index is 0.244. The Kier molecular flexibility index (Phi) is 16.7. The highest BCUT2D eigenvalue weighted by Gasteiger charge is 2.47. The van der Waals surface area contributed by atoms with Crippen LogP contribution in [0.5, 0.6) is 0 Å². The second kappa shape index (κ2) is 26.9. The van der Waals surface area contributed by atoms with E-state index in [1.54, 1.807) is 0 Å². The van der Waals surface area contributed by atoms with Crippen molar-refractivity contribution in [2.45, 2.75) is 185 Å². The van der Waals surface area contributed by atoms with Crippen LogP contribution in [0.3, 0.4) is 0 Å². The van der Waals surface area contributed by atoms with Crippen LogP contribution < -0.4 is 26.2 Å². The lowest BCUT2D eigenvalue weighted by molar-refractivity contribution is 0.411. The van der Waals surface area contributed by atoms with Gasteiger partial charge in [-0.15, -0.1) is 0 Å². The third kappa shape index (κ3) is 13.5. The molecular weight excluding hydrogens is 1360 g/mol. The number of hydrogen-bond donors (Lipinski definition) is 0. The Morgan fingerprint density at radius 1 is 0.265 bits per heavy atom. The molecule has 4 heterocycles. The van der Waals surface area contributed by atoms with Crippen molar-refractivity contribution in [3.63, 3.8) is 0 Å². The van der Waals surface area contributed by atoms with Gasteiger partial charge in [-0.3, -0.25) is 0 Å². The molecule has 0 saturated carbocycles. The first-order valence-corrected chi connectivity index (χ1v) is 40.8. The summed E-state index contributed by atoms with van der Waals surface area (Å²) in [5, 5.41) is 4.70. The van der Waals surface area contributed by atoms with Crippen LogP contribution in [0.1, 0.15) is 190 Å². The van der Waals surface area contributed by atoms with E-state index >= 15 is 0 Å². The quantitative estimate of drug-likeness (QED) is 0.127. The Bertz CT molecular complexity index is 5880. The fourth-order valence-electron chi connectivity index (χ4n) is 17.8. The van der Waals surface area contributed by atoms with E-state index in [0.717, 1.165) is 134 Å². The molecule has 0 amide bonds. The molecule has 2 aromatic heterocycles. The Morgan fingerprint density at radius 2 is 0.540 bits per heavy atom. The highest BCUT2D eigenvalue weighted by atomic mass is 15.2. The average Bonchev–Trinajstić information content (AvgIpc) is 0.774. The summed E-state index contributed by atoms with van der Waals surface area (Å²) >= 11 is 0. The number of anilines is 6. The lowest BCUT2D eigenvalue weighted by Gasteiger charge is -2.46. The molecule has 2 aliphatic rings. The maximum Gasteiger partial charge on any atom is 0.252 e. The van der Waals surface area contributed by atoms with Crippen molar-refractivity contribution < 1.29 is 5.48 Å². The monoisotopic (exact) mass is 1480 g/mol. The molecule has 13 aromatic carbocycles. The Balaban J connectivity index is 1.11. The topological polar surface area (TPSA) is 16.3 Å². The highest BCUT2D eigenvalue weighted by Crippen LogP contribution is 2.56. The summed E-state index contributed by atoms with van der Waals surface area (Å²) < 4.78 is 47.1. The molecule has 0 saturated heterocycles. The Labute approximate surface area is 678 Å². The molecule has 0 spiro atoms. The molecule has 0 fully saturated rings. The smallest absolute Gasteiger partial charge is 0.252 e. The number of para-hydroxylation sites is 4. The second-order valence-corrected chi connectivity index (χ2v) is 39.4. The Morgan fingerprint density at radius 3 is 0.805 bits per heavy atom. The van der Waals surface area contributed by atoms with Crippen molar-refractivity contribution in [3.8, 4) is 55.9 Å². The summed E-state index contributed by atoms with van der Waals surface area (Å²) in [6.45, 7) is 46.3. The van der Waals surface area contributed by atoms with Gasteiger partial charge in [-0.05, 0) is 213 Å². The minimum Gasteiger partial charge on any atom is -0.310 e. The van der Waals surface area contributed by atoms with E-state index in [9.17, 15) is 5.48 Å². The summed E-state index contributed by atoms with van der Waals surface area (Å²) in [6.07, 6.45) is -3.65. The number of aromatic nitrogens is 2. The summed E-state index contributed by atoms with van der Waals surface area (Å²) in [5.74, 6) is 0. The number of nitrogens with zero attached hydrogens (tertiary/aromatic N) is 4. The molecule has 2 aliphatic heterocycles. The number of hydrogen-bond acceptors (Lipinski definition) is 2. The van der Waals surface area contributed by atoms with Gasteiger partial charge < -0.3 is 18.9 Å². The van der Waals surface area contributed by atoms with Crippen LogP contribution in [0.25, 0.3) is 99.5 Å².